The van der Waals surface area contributed by atoms with Gasteiger partial charge in [0.1, 0.15) is 6.54 Å². The monoisotopic (exact) mass is 468 g/mol. The zero-order chi connectivity index (χ0) is 23.5. The molecule has 0 aliphatic carbocycles. The fourth-order valence-electron chi connectivity index (χ4n) is 4.86. The molecular weight excluding hydrogens is 440 g/mol. The van der Waals surface area contributed by atoms with E-state index < -0.39 is 0 Å². The highest BCUT2D eigenvalue weighted by Crippen LogP contribution is 2.37. The molecule has 172 valence electrons. The van der Waals surface area contributed by atoms with Crippen molar-refractivity contribution in [3.05, 3.63) is 106 Å². The summed E-state index contributed by atoms with van der Waals surface area (Å²) >= 11 is 1.76. The first-order valence-electron chi connectivity index (χ1n) is 11.8. The Morgan fingerprint density at radius 1 is 0.971 bits per heavy atom. The van der Waals surface area contributed by atoms with Gasteiger partial charge < -0.3 is 9.80 Å². The molecule has 1 atom stereocenters. The third-order valence-electron chi connectivity index (χ3n) is 6.50. The minimum absolute atomic E-state index is 0.00621. The molecule has 3 aromatic carbocycles. The third-order valence-corrected chi connectivity index (χ3v) is 7.50. The van der Waals surface area contributed by atoms with Crippen LogP contribution in [0.25, 0.3) is 10.8 Å². The summed E-state index contributed by atoms with van der Waals surface area (Å²) < 4.78 is 0. The summed E-state index contributed by atoms with van der Waals surface area (Å²) in [5.41, 5.74) is 2.94. The number of nitrogens with zero attached hydrogens (tertiary/aromatic N) is 2. The number of fused-ring (bicyclic) bond motifs is 2. The number of amides is 2. The molecule has 5 heteroatoms. The first-order chi connectivity index (χ1) is 16.7. The molecule has 0 radical (unpaired) electrons. The second-order valence-corrected chi connectivity index (χ2v) is 9.74. The summed E-state index contributed by atoms with van der Waals surface area (Å²) in [5, 5.41) is 4.24. The van der Waals surface area contributed by atoms with Gasteiger partial charge in [0.25, 0.3) is 5.91 Å². The van der Waals surface area contributed by atoms with E-state index in [0.29, 0.717) is 18.7 Å². The number of carbonyl (C=O) groups excluding carboxylic acids is 2. The highest BCUT2D eigenvalue weighted by atomic mass is 32.1. The highest BCUT2D eigenvalue weighted by molar-refractivity contribution is 7.10. The maximum absolute atomic E-state index is 13.7. The van der Waals surface area contributed by atoms with Crippen molar-refractivity contribution in [2.75, 3.05) is 19.6 Å². The molecule has 2 amide bonds. The second kappa shape index (κ2) is 9.82. The fraction of sp³-hybridized carbons (Fsp3) is 0.241. The molecule has 0 N–H and O–H groups in total. The van der Waals surface area contributed by atoms with E-state index in [1.165, 1.54) is 10.4 Å². The molecule has 1 aliphatic rings. The van der Waals surface area contributed by atoms with E-state index in [0.717, 1.165) is 29.2 Å². The van der Waals surface area contributed by atoms with Crippen molar-refractivity contribution in [1.82, 2.24) is 9.80 Å². The average molecular weight is 469 g/mol. The Kier molecular flexibility index (Phi) is 6.45. The first kappa shape index (κ1) is 22.4. The van der Waals surface area contributed by atoms with E-state index in [1.807, 2.05) is 72.5 Å². The van der Waals surface area contributed by atoms with Gasteiger partial charge in [-0.1, -0.05) is 67.6 Å². The first-order valence-corrected chi connectivity index (χ1v) is 12.7. The lowest BCUT2D eigenvalue weighted by Gasteiger charge is -2.37. The van der Waals surface area contributed by atoms with Gasteiger partial charge in [0.15, 0.2) is 0 Å². The second-order valence-electron chi connectivity index (χ2n) is 8.74. The lowest BCUT2D eigenvalue weighted by Crippen LogP contribution is -2.47. The molecule has 2 heterocycles. The summed E-state index contributed by atoms with van der Waals surface area (Å²) in [6.07, 6.45) is 1.65. The van der Waals surface area contributed by atoms with Crippen LogP contribution >= 0.6 is 11.3 Å². The van der Waals surface area contributed by atoms with Crippen LogP contribution in [0, 0.1) is 0 Å². The van der Waals surface area contributed by atoms with Crippen LogP contribution in [-0.2, 0) is 11.2 Å². The molecule has 0 spiro atoms. The molecule has 34 heavy (non-hydrogen) atoms. The predicted molar refractivity (Wildman–Crippen MR) is 138 cm³/mol. The highest BCUT2D eigenvalue weighted by Gasteiger charge is 2.33. The number of rotatable bonds is 6. The molecule has 5 rings (SSSR count). The summed E-state index contributed by atoms with van der Waals surface area (Å²) in [7, 11) is 0. The molecule has 0 bridgehead atoms. The molecule has 4 aromatic rings. The van der Waals surface area contributed by atoms with Gasteiger partial charge in [-0.25, -0.2) is 0 Å². The van der Waals surface area contributed by atoms with E-state index in [9.17, 15) is 9.59 Å². The van der Waals surface area contributed by atoms with E-state index in [1.54, 1.807) is 16.2 Å². The van der Waals surface area contributed by atoms with Crippen LogP contribution < -0.4 is 0 Å². The van der Waals surface area contributed by atoms with E-state index >= 15 is 0 Å². The van der Waals surface area contributed by atoms with Crippen molar-refractivity contribution in [3.8, 4) is 0 Å². The molecular formula is C29H28N2O2S. The Hall–Kier alpha value is -3.44. The third kappa shape index (κ3) is 4.36. The Bertz CT molecular complexity index is 1310. The van der Waals surface area contributed by atoms with Crippen molar-refractivity contribution in [2.45, 2.75) is 25.8 Å². The van der Waals surface area contributed by atoms with Crippen LogP contribution in [0.5, 0.6) is 0 Å². The van der Waals surface area contributed by atoms with Crippen LogP contribution in [0.4, 0.5) is 0 Å². The topological polar surface area (TPSA) is 40.6 Å². The zero-order valence-electron chi connectivity index (χ0n) is 19.3. The maximum atomic E-state index is 13.7. The Labute approximate surface area is 204 Å². The number of hydrogen-bond acceptors (Lipinski definition) is 3. The molecule has 1 aromatic heterocycles. The number of hydrogen-bond donors (Lipinski definition) is 0. The van der Waals surface area contributed by atoms with E-state index in [-0.39, 0.29) is 24.4 Å². The number of benzene rings is 3. The molecule has 4 nitrogen and oxygen atoms in total. The molecule has 0 saturated carbocycles. The summed E-state index contributed by atoms with van der Waals surface area (Å²) in [5.74, 6) is -0.0984. The molecule has 1 aliphatic heterocycles. The van der Waals surface area contributed by atoms with E-state index in [2.05, 4.69) is 23.6 Å². The van der Waals surface area contributed by atoms with Gasteiger partial charge in [-0.3, -0.25) is 9.59 Å². The van der Waals surface area contributed by atoms with Crippen molar-refractivity contribution in [2.24, 2.45) is 0 Å². The van der Waals surface area contributed by atoms with Crippen LogP contribution in [-0.4, -0.2) is 41.2 Å². The van der Waals surface area contributed by atoms with Gasteiger partial charge in [0, 0.05) is 23.5 Å². The summed E-state index contributed by atoms with van der Waals surface area (Å²) in [6.45, 7) is 3.33. The maximum Gasteiger partial charge on any atom is 0.254 e. The van der Waals surface area contributed by atoms with Crippen LogP contribution in [0.15, 0.2) is 84.2 Å². The smallest absolute Gasteiger partial charge is 0.254 e. The van der Waals surface area contributed by atoms with E-state index in [4.69, 9.17) is 0 Å². The summed E-state index contributed by atoms with van der Waals surface area (Å²) in [6, 6.07) is 26.0. The Morgan fingerprint density at radius 2 is 1.74 bits per heavy atom. The quantitative estimate of drug-likeness (QED) is 0.352. The Balaban J connectivity index is 1.41. The normalized spacial score (nSPS) is 15.2. The van der Waals surface area contributed by atoms with Gasteiger partial charge in [-0.15, -0.1) is 11.3 Å². The minimum atomic E-state index is -0.108. The lowest BCUT2D eigenvalue weighted by molar-refractivity contribution is -0.134. The number of carbonyl (C=O) groups is 2. The largest absolute Gasteiger partial charge is 0.330 e. The van der Waals surface area contributed by atoms with Gasteiger partial charge >= 0.3 is 0 Å². The fourth-order valence-corrected chi connectivity index (χ4v) is 5.77. The molecule has 0 saturated heterocycles. The minimum Gasteiger partial charge on any atom is -0.330 e. The van der Waals surface area contributed by atoms with Crippen LogP contribution in [0.3, 0.4) is 0 Å². The standard InChI is InChI=1S/C29H28N2O2S/c1-2-16-30(29(33)24-13-12-21-8-6-7-11-23(21)19-24)20-27(32)31-17-14-26-25(15-18-34-26)28(31)22-9-4-3-5-10-22/h3-13,15,18-19,28H,2,14,16-17,20H2,1H3. The van der Waals surface area contributed by atoms with Crippen molar-refractivity contribution in [3.63, 3.8) is 0 Å². The van der Waals surface area contributed by atoms with Crippen LogP contribution in [0.2, 0.25) is 0 Å². The van der Waals surface area contributed by atoms with Crippen molar-refractivity contribution < 1.29 is 9.59 Å². The summed E-state index contributed by atoms with van der Waals surface area (Å²) in [4.78, 5) is 32.2. The van der Waals surface area contributed by atoms with Gasteiger partial charge in [-0.2, -0.15) is 0 Å². The van der Waals surface area contributed by atoms with Gasteiger partial charge in [-0.05, 0) is 58.3 Å². The SMILES string of the molecule is CCCN(CC(=O)N1CCc2sccc2C1c1ccccc1)C(=O)c1ccc2ccccc2c1. The lowest BCUT2D eigenvalue weighted by atomic mass is 9.93. The number of thiophene rings is 1. The average Bonchev–Trinajstić information content (AvgIpc) is 3.36. The molecule has 0 fully saturated rings. The van der Waals surface area contributed by atoms with Crippen LogP contribution in [0.1, 0.15) is 45.7 Å². The van der Waals surface area contributed by atoms with Crippen molar-refractivity contribution >= 4 is 33.9 Å². The molecule has 1 unspecified atom stereocenters. The predicted octanol–water partition coefficient (Wildman–Crippen LogP) is 5.93. The van der Waals surface area contributed by atoms with Gasteiger partial charge in [0.05, 0.1) is 6.04 Å². The zero-order valence-corrected chi connectivity index (χ0v) is 20.1. The van der Waals surface area contributed by atoms with Gasteiger partial charge in [0.2, 0.25) is 5.91 Å². The Morgan fingerprint density at radius 3 is 2.53 bits per heavy atom. The van der Waals surface area contributed by atoms with Crippen molar-refractivity contribution in [1.29, 1.82) is 0 Å².